The number of rotatable bonds is 1. The zero-order chi connectivity index (χ0) is 11.0. The number of nitrogens with zero attached hydrogens (tertiary/aromatic N) is 2. The number of esters is 1. The molecule has 15 heavy (non-hydrogen) atoms. The summed E-state index contributed by atoms with van der Waals surface area (Å²) in [7, 11) is 1.34. The zero-order valence-electron chi connectivity index (χ0n) is 8.32. The number of hydrogen-bond acceptors (Lipinski definition) is 3. The van der Waals surface area contributed by atoms with Crippen molar-refractivity contribution < 1.29 is 9.53 Å². The number of carbonyl (C=O) groups is 1. The van der Waals surface area contributed by atoms with Gasteiger partial charge in [0.2, 0.25) is 0 Å². The van der Waals surface area contributed by atoms with Crippen molar-refractivity contribution in [1.29, 1.82) is 0 Å². The molecule has 0 atom stereocenters. The lowest BCUT2D eigenvalue weighted by atomic mass is 10.3. The van der Waals surface area contributed by atoms with Gasteiger partial charge in [-0.2, -0.15) is 0 Å². The Labute approximate surface area is 91.4 Å². The number of aromatic nitrogens is 2. The third-order valence-electron chi connectivity index (χ3n) is 2.16. The monoisotopic (exact) mass is 224 g/mol. The van der Waals surface area contributed by atoms with Gasteiger partial charge in [-0.25, -0.2) is 9.78 Å². The maximum atomic E-state index is 11.4. The Morgan fingerprint density at radius 1 is 1.60 bits per heavy atom. The summed E-state index contributed by atoms with van der Waals surface area (Å²) in [6.45, 7) is 1.79. The molecule has 2 aromatic rings. The molecule has 0 aromatic carbocycles. The van der Waals surface area contributed by atoms with Gasteiger partial charge < -0.3 is 4.74 Å². The van der Waals surface area contributed by atoms with Crippen LogP contribution in [0.5, 0.6) is 0 Å². The summed E-state index contributed by atoms with van der Waals surface area (Å²) in [5.74, 6) is -0.415. The lowest BCUT2D eigenvalue weighted by Gasteiger charge is -2.00. The fraction of sp³-hybridized carbons (Fsp3) is 0.200. The molecule has 0 spiro atoms. The van der Waals surface area contributed by atoms with E-state index in [1.54, 1.807) is 29.7 Å². The van der Waals surface area contributed by atoms with E-state index in [4.69, 9.17) is 11.6 Å². The van der Waals surface area contributed by atoms with E-state index in [0.29, 0.717) is 22.1 Å². The van der Waals surface area contributed by atoms with Crippen molar-refractivity contribution in [3.8, 4) is 0 Å². The number of methoxy groups -OCH3 is 1. The van der Waals surface area contributed by atoms with E-state index < -0.39 is 5.97 Å². The van der Waals surface area contributed by atoms with Crippen molar-refractivity contribution in [2.45, 2.75) is 6.92 Å². The highest BCUT2D eigenvalue weighted by atomic mass is 35.5. The minimum Gasteiger partial charge on any atom is -0.465 e. The first-order valence-electron chi connectivity index (χ1n) is 4.36. The van der Waals surface area contributed by atoms with Gasteiger partial charge in [0, 0.05) is 6.20 Å². The van der Waals surface area contributed by atoms with Gasteiger partial charge in [0.1, 0.15) is 10.7 Å². The molecule has 0 saturated carbocycles. The average Bonchev–Trinajstić information content (AvgIpc) is 2.54. The van der Waals surface area contributed by atoms with Crippen LogP contribution >= 0.6 is 11.6 Å². The fourth-order valence-electron chi connectivity index (χ4n) is 1.42. The number of carbonyl (C=O) groups excluding carboxylic acids is 1. The first-order valence-corrected chi connectivity index (χ1v) is 4.74. The Balaban J connectivity index is 2.77. The van der Waals surface area contributed by atoms with Gasteiger partial charge in [-0.3, -0.25) is 4.40 Å². The van der Waals surface area contributed by atoms with E-state index in [9.17, 15) is 4.79 Å². The lowest BCUT2D eigenvalue weighted by Crippen LogP contribution is -2.03. The van der Waals surface area contributed by atoms with Crippen molar-refractivity contribution in [1.82, 2.24) is 9.38 Å². The molecule has 2 aromatic heterocycles. The smallest absolute Gasteiger partial charge is 0.341 e. The second-order valence-electron chi connectivity index (χ2n) is 3.10. The zero-order valence-corrected chi connectivity index (χ0v) is 9.08. The largest absolute Gasteiger partial charge is 0.465 e. The van der Waals surface area contributed by atoms with Gasteiger partial charge in [0.25, 0.3) is 0 Å². The van der Waals surface area contributed by atoms with Crippen molar-refractivity contribution in [3.05, 3.63) is 34.7 Å². The van der Waals surface area contributed by atoms with Crippen LogP contribution in [0, 0.1) is 6.92 Å². The highest BCUT2D eigenvalue weighted by molar-refractivity contribution is 6.30. The number of fused-ring (bicyclic) bond motifs is 1. The third-order valence-corrected chi connectivity index (χ3v) is 2.61. The number of ether oxygens (including phenoxy) is 1. The second kappa shape index (κ2) is 3.55. The number of hydrogen-bond donors (Lipinski definition) is 0. The molecule has 0 aliphatic rings. The topological polar surface area (TPSA) is 43.6 Å². The molecule has 0 radical (unpaired) electrons. The Morgan fingerprint density at radius 2 is 2.33 bits per heavy atom. The van der Waals surface area contributed by atoms with Gasteiger partial charge >= 0.3 is 5.97 Å². The van der Waals surface area contributed by atoms with Gasteiger partial charge in [0.15, 0.2) is 5.65 Å². The summed E-state index contributed by atoms with van der Waals surface area (Å²) >= 11 is 6.01. The maximum Gasteiger partial charge on any atom is 0.341 e. The molecule has 0 aliphatic heterocycles. The minimum atomic E-state index is -0.415. The summed E-state index contributed by atoms with van der Waals surface area (Å²) in [5.41, 5.74) is 1.62. The molecule has 4 nitrogen and oxygen atoms in total. The lowest BCUT2D eigenvalue weighted by molar-refractivity contribution is 0.0602. The number of aryl methyl sites for hydroxylation is 1. The SMILES string of the molecule is COC(=O)c1cccn2c(Cl)c(C)nc12. The van der Waals surface area contributed by atoms with E-state index in [1.807, 2.05) is 0 Å². The highest BCUT2D eigenvalue weighted by Crippen LogP contribution is 2.20. The van der Waals surface area contributed by atoms with Gasteiger partial charge in [0.05, 0.1) is 12.8 Å². The maximum absolute atomic E-state index is 11.4. The van der Waals surface area contributed by atoms with Gasteiger partial charge in [-0.05, 0) is 19.1 Å². The second-order valence-corrected chi connectivity index (χ2v) is 3.45. The molecule has 0 aliphatic carbocycles. The standard InChI is InChI=1S/C10H9ClN2O2/c1-6-8(11)13-5-3-4-7(9(13)12-6)10(14)15-2/h3-5H,1-2H3. The van der Waals surface area contributed by atoms with Gasteiger partial charge in [-0.1, -0.05) is 11.6 Å². The molecule has 0 fully saturated rings. The molecule has 0 unspecified atom stereocenters. The van der Waals surface area contributed by atoms with Crippen LogP contribution in [0.4, 0.5) is 0 Å². The van der Waals surface area contributed by atoms with Crippen LogP contribution in [0.25, 0.3) is 5.65 Å². The predicted molar refractivity (Wildman–Crippen MR) is 56.3 cm³/mol. The van der Waals surface area contributed by atoms with E-state index in [-0.39, 0.29) is 0 Å². The summed E-state index contributed by atoms with van der Waals surface area (Å²) in [4.78, 5) is 15.6. The molecule has 0 N–H and O–H groups in total. The first-order chi connectivity index (χ1) is 7.15. The van der Waals surface area contributed by atoms with Gasteiger partial charge in [-0.15, -0.1) is 0 Å². The molecular weight excluding hydrogens is 216 g/mol. The minimum absolute atomic E-state index is 0.412. The summed E-state index contributed by atoms with van der Waals surface area (Å²) in [6.07, 6.45) is 1.75. The summed E-state index contributed by atoms with van der Waals surface area (Å²) in [6, 6.07) is 3.39. The number of pyridine rings is 1. The summed E-state index contributed by atoms with van der Waals surface area (Å²) < 4.78 is 6.31. The number of halogens is 1. The molecule has 5 heteroatoms. The van der Waals surface area contributed by atoms with Crippen molar-refractivity contribution >= 4 is 23.2 Å². The molecule has 78 valence electrons. The van der Waals surface area contributed by atoms with Crippen LogP contribution in [0.2, 0.25) is 5.15 Å². The van der Waals surface area contributed by atoms with Crippen LogP contribution in [0.3, 0.4) is 0 Å². The fourth-order valence-corrected chi connectivity index (χ4v) is 1.60. The Morgan fingerprint density at radius 3 is 3.00 bits per heavy atom. The third kappa shape index (κ3) is 1.47. The normalized spacial score (nSPS) is 10.6. The Bertz CT molecular complexity index is 533. The van der Waals surface area contributed by atoms with Crippen LogP contribution < -0.4 is 0 Å². The number of imidazole rings is 1. The van der Waals surface area contributed by atoms with E-state index in [1.165, 1.54) is 7.11 Å². The van der Waals surface area contributed by atoms with Crippen molar-refractivity contribution in [3.63, 3.8) is 0 Å². The van der Waals surface area contributed by atoms with Crippen LogP contribution in [0.15, 0.2) is 18.3 Å². The quantitative estimate of drug-likeness (QED) is 0.697. The van der Waals surface area contributed by atoms with E-state index in [0.717, 1.165) is 0 Å². The summed E-state index contributed by atoms with van der Waals surface area (Å²) in [5, 5.41) is 0.510. The predicted octanol–water partition coefficient (Wildman–Crippen LogP) is 2.08. The van der Waals surface area contributed by atoms with Crippen molar-refractivity contribution in [2.75, 3.05) is 7.11 Å². The van der Waals surface area contributed by atoms with E-state index in [2.05, 4.69) is 9.72 Å². The molecule has 0 amide bonds. The van der Waals surface area contributed by atoms with Crippen LogP contribution in [-0.2, 0) is 4.74 Å². The molecule has 0 saturated heterocycles. The first kappa shape index (κ1) is 9.98. The van der Waals surface area contributed by atoms with E-state index >= 15 is 0 Å². The molecule has 2 rings (SSSR count). The average molecular weight is 225 g/mol. The molecular formula is C10H9ClN2O2. The Hall–Kier alpha value is -1.55. The molecule has 0 bridgehead atoms. The van der Waals surface area contributed by atoms with Crippen molar-refractivity contribution in [2.24, 2.45) is 0 Å². The van der Waals surface area contributed by atoms with Crippen LogP contribution in [-0.4, -0.2) is 22.5 Å². The highest BCUT2D eigenvalue weighted by Gasteiger charge is 2.14. The molecule has 2 heterocycles. The van der Waals surface area contributed by atoms with Crippen LogP contribution in [0.1, 0.15) is 16.1 Å². The Kier molecular flexibility index (Phi) is 2.36.